The zero-order chi connectivity index (χ0) is 13.1. The van der Waals surface area contributed by atoms with Gasteiger partial charge in [0.05, 0.1) is 20.9 Å². The molecule has 2 rings (SSSR count). The minimum absolute atomic E-state index is 0.0807. The molecule has 4 heteroatoms. The molecule has 0 aliphatic carbocycles. The Kier molecular flexibility index (Phi) is 4.19. The van der Waals surface area contributed by atoms with Crippen molar-refractivity contribution in [1.29, 1.82) is 0 Å². The van der Waals surface area contributed by atoms with Gasteiger partial charge in [-0.25, -0.2) is 0 Å². The molecule has 2 unspecified atom stereocenters. The summed E-state index contributed by atoms with van der Waals surface area (Å²) >= 11 is 3.38. The van der Waals surface area contributed by atoms with Crippen molar-refractivity contribution >= 4 is 32.4 Å². The van der Waals surface area contributed by atoms with E-state index in [0.717, 1.165) is 10.0 Å². The van der Waals surface area contributed by atoms with E-state index in [1.165, 1.54) is 0 Å². The molecule has 0 radical (unpaired) electrons. The molecule has 2 aromatic rings. The molecule has 0 aliphatic heterocycles. The van der Waals surface area contributed by atoms with Crippen molar-refractivity contribution < 1.29 is 4.21 Å². The van der Waals surface area contributed by atoms with Crippen LogP contribution >= 0.6 is 15.9 Å². The third-order valence-corrected chi connectivity index (χ3v) is 4.98. The monoisotopic (exact) mass is 323 g/mol. The highest BCUT2D eigenvalue weighted by Crippen LogP contribution is 2.29. The van der Waals surface area contributed by atoms with Crippen LogP contribution in [0.4, 0.5) is 5.69 Å². The zero-order valence-corrected chi connectivity index (χ0v) is 12.4. The lowest BCUT2D eigenvalue weighted by molar-refractivity contribution is 0.676. The fraction of sp³-hybridized carbons (Fsp3) is 0.143. The molecule has 18 heavy (non-hydrogen) atoms. The van der Waals surface area contributed by atoms with Crippen molar-refractivity contribution in [2.45, 2.75) is 17.1 Å². The molecule has 0 fully saturated rings. The smallest absolute Gasteiger partial charge is 0.0634 e. The van der Waals surface area contributed by atoms with Crippen molar-refractivity contribution in [3.8, 4) is 0 Å². The summed E-state index contributed by atoms with van der Waals surface area (Å²) in [5, 5.41) is -0.0807. The number of benzene rings is 2. The average molecular weight is 324 g/mol. The Bertz CT molecular complexity index is 571. The van der Waals surface area contributed by atoms with Crippen LogP contribution in [0.5, 0.6) is 0 Å². The second-order valence-electron chi connectivity index (χ2n) is 4.03. The maximum Gasteiger partial charge on any atom is 0.0634 e. The first-order valence-corrected chi connectivity index (χ1v) is 7.60. The summed E-state index contributed by atoms with van der Waals surface area (Å²) in [6, 6.07) is 15.3. The van der Waals surface area contributed by atoms with Gasteiger partial charge in [-0.1, -0.05) is 46.3 Å². The SMILES string of the molecule is CC(c1ccccc1)S(=O)c1cc(Br)ccc1N. The second-order valence-corrected chi connectivity index (χ2v) is 6.69. The molecule has 2 atom stereocenters. The number of hydrogen-bond acceptors (Lipinski definition) is 2. The highest BCUT2D eigenvalue weighted by atomic mass is 79.9. The lowest BCUT2D eigenvalue weighted by atomic mass is 10.2. The molecular formula is C14H14BrNOS. The molecule has 0 saturated heterocycles. The number of hydrogen-bond donors (Lipinski definition) is 1. The topological polar surface area (TPSA) is 43.1 Å². The molecule has 0 heterocycles. The summed E-state index contributed by atoms with van der Waals surface area (Å²) in [7, 11) is -1.16. The molecule has 0 bridgehead atoms. The fourth-order valence-corrected chi connectivity index (χ4v) is 3.56. The van der Waals surface area contributed by atoms with Gasteiger partial charge in [-0.2, -0.15) is 0 Å². The van der Waals surface area contributed by atoms with Crippen LogP contribution in [-0.4, -0.2) is 4.21 Å². The minimum atomic E-state index is -1.16. The Balaban J connectivity index is 2.34. The highest BCUT2D eigenvalue weighted by Gasteiger charge is 2.17. The van der Waals surface area contributed by atoms with Gasteiger partial charge in [0, 0.05) is 10.2 Å². The standard InChI is InChI=1S/C14H14BrNOS/c1-10(11-5-3-2-4-6-11)18(17)14-9-12(15)7-8-13(14)16/h2-10H,16H2,1H3. The van der Waals surface area contributed by atoms with E-state index in [0.29, 0.717) is 10.6 Å². The minimum Gasteiger partial charge on any atom is -0.398 e. The number of nitrogen functional groups attached to an aromatic ring is 1. The lowest BCUT2D eigenvalue weighted by Crippen LogP contribution is -2.05. The van der Waals surface area contributed by atoms with Gasteiger partial charge in [0.1, 0.15) is 0 Å². The van der Waals surface area contributed by atoms with Gasteiger partial charge in [0.25, 0.3) is 0 Å². The van der Waals surface area contributed by atoms with Gasteiger partial charge in [-0.3, -0.25) is 4.21 Å². The van der Waals surface area contributed by atoms with Gasteiger partial charge in [-0.05, 0) is 30.7 Å². The summed E-state index contributed by atoms with van der Waals surface area (Å²) < 4.78 is 13.4. The summed E-state index contributed by atoms with van der Waals surface area (Å²) in [5.74, 6) is 0. The molecule has 0 aliphatic rings. The molecule has 94 valence electrons. The van der Waals surface area contributed by atoms with Crippen LogP contribution in [0.15, 0.2) is 57.9 Å². The van der Waals surface area contributed by atoms with Crippen molar-refractivity contribution in [1.82, 2.24) is 0 Å². The van der Waals surface area contributed by atoms with E-state index in [2.05, 4.69) is 15.9 Å². The Labute approximate surface area is 118 Å². The van der Waals surface area contributed by atoms with E-state index in [1.54, 1.807) is 6.07 Å². The van der Waals surface area contributed by atoms with Crippen molar-refractivity contribution in [2.24, 2.45) is 0 Å². The first kappa shape index (κ1) is 13.3. The number of halogens is 1. The quantitative estimate of drug-likeness (QED) is 0.870. The normalized spacial score (nSPS) is 14.1. The third kappa shape index (κ3) is 2.82. The van der Waals surface area contributed by atoms with E-state index in [9.17, 15) is 4.21 Å². The summed E-state index contributed by atoms with van der Waals surface area (Å²) in [6.45, 7) is 1.95. The van der Waals surface area contributed by atoms with E-state index in [4.69, 9.17) is 5.73 Å². The van der Waals surface area contributed by atoms with Gasteiger partial charge in [0.2, 0.25) is 0 Å². The molecule has 0 spiro atoms. The number of anilines is 1. The predicted molar refractivity (Wildman–Crippen MR) is 79.8 cm³/mol. The molecule has 0 saturated carbocycles. The van der Waals surface area contributed by atoms with Crippen molar-refractivity contribution in [3.63, 3.8) is 0 Å². The van der Waals surface area contributed by atoms with Gasteiger partial charge in [0.15, 0.2) is 0 Å². The van der Waals surface area contributed by atoms with Crippen molar-refractivity contribution in [3.05, 3.63) is 58.6 Å². The fourth-order valence-electron chi connectivity index (χ4n) is 1.72. The Morgan fingerprint density at radius 1 is 1.17 bits per heavy atom. The van der Waals surface area contributed by atoms with E-state index >= 15 is 0 Å². The molecule has 2 N–H and O–H groups in total. The van der Waals surface area contributed by atoms with Gasteiger partial charge < -0.3 is 5.73 Å². The van der Waals surface area contributed by atoms with Crippen LogP contribution in [0.1, 0.15) is 17.7 Å². The van der Waals surface area contributed by atoms with E-state index < -0.39 is 10.8 Å². The number of rotatable bonds is 3. The Morgan fingerprint density at radius 3 is 2.50 bits per heavy atom. The molecule has 2 aromatic carbocycles. The van der Waals surface area contributed by atoms with Crippen LogP contribution in [-0.2, 0) is 10.8 Å². The van der Waals surface area contributed by atoms with Crippen molar-refractivity contribution in [2.75, 3.05) is 5.73 Å². The Morgan fingerprint density at radius 2 is 1.83 bits per heavy atom. The van der Waals surface area contributed by atoms with Crippen LogP contribution in [0, 0.1) is 0 Å². The average Bonchev–Trinajstić information content (AvgIpc) is 2.41. The largest absolute Gasteiger partial charge is 0.398 e. The third-order valence-electron chi connectivity index (χ3n) is 2.78. The first-order chi connectivity index (χ1) is 8.59. The second kappa shape index (κ2) is 5.67. The maximum absolute atomic E-state index is 12.5. The lowest BCUT2D eigenvalue weighted by Gasteiger charge is -2.13. The Hall–Kier alpha value is -1.13. The van der Waals surface area contributed by atoms with Crippen LogP contribution in [0.25, 0.3) is 0 Å². The maximum atomic E-state index is 12.5. The summed E-state index contributed by atoms with van der Waals surface area (Å²) in [5.41, 5.74) is 7.51. The first-order valence-electron chi connectivity index (χ1n) is 5.60. The van der Waals surface area contributed by atoms with Crippen LogP contribution in [0.2, 0.25) is 0 Å². The number of nitrogens with two attached hydrogens (primary N) is 1. The van der Waals surface area contributed by atoms with Crippen LogP contribution in [0.3, 0.4) is 0 Å². The van der Waals surface area contributed by atoms with Gasteiger partial charge >= 0.3 is 0 Å². The molecular weight excluding hydrogens is 310 g/mol. The van der Waals surface area contributed by atoms with E-state index in [-0.39, 0.29) is 5.25 Å². The zero-order valence-electron chi connectivity index (χ0n) is 9.97. The molecule has 0 aromatic heterocycles. The summed E-state index contributed by atoms with van der Waals surface area (Å²) in [6.07, 6.45) is 0. The molecule has 2 nitrogen and oxygen atoms in total. The van der Waals surface area contributed by atoms with E-state index in [1.807, 2.05) is 49.4 Å². The van der Waals surface area contributed by atoms with Crippen LogP contribution < -0.4 is 5.73 Å². The summed E-state index contributed by atoms with van der Waals surface area (Å²) in [4.78, 5) is 0.681. The molecule has 0 amide bonds. The highest BCUT2D eigenvalue weighted by molar-refractivity contribution is 9.10. The van der Waals surface area contributed by atoms with Gasteiger partial charge in [-0.15, -0.1) is 0 Å². The predicted octanol–water partition coefficient (Wildman–Crippen LogP) is 3.90.